The molecule has 20 heavy (non-hydrogen) atoms. The van der Waals surface area contributed by atoms with E-state index in [4.69, 9.17) is 15.0 Å². The Kier molecular flexibility index (Phi) is 6.63. The SMILES string of the molecule is O=C(O)C(F)(F)F.O=Cc1ccc(C=CC(=O)O)nc1. The molecule has 0 amide bonds. The zero-order valence-electron chi connectivity index (χ0n) is 9.66. The molecule has 1 aromatic rings. The van der Waals surface area contributed by atoms with E-state index in [1.165, 1.54) is 12.3 Å². The van der Waals surface area contributed by atoms with Crippen molar-refractivity contribution in [2.24, 2.45) is 0 Å². The molecule has 0 saturated carbocycles. The Bertz CT molecular complexity index is 508. The fraction of sp³-hybridized carbons (Fsp3) is 0.0909. The number of aliphatic carboxylic acids is 2. The minimum Gasteiger partial charge on any atom is -0.478 e. The lowest BCUT2D eigenvalue weighted by atomic mass is 10.2. The van der Waals surface area contributed by atoms with Gasteiger partial charge in [-0.15, -0.1) is 0 Å². The van der Waals surface area contributed by atoms with Gasteiger partial charge >= 0.3 is 18.1 Å². The Labute approximate surface area is 110 Å². The summed E-state index contributed by atoms with van der Waals surface area (Å²) in [6.45, 7) is 0. The Hall–Kier alpha value is -2.71. The van der Waals surface area contributed by atoms with Gasteiger partial charge in [0, 0.05) is 17.8 Å². The molecule has 9 heteroatoms. The lowest BCUT2D eigenvalue weighted by molar-refractivity contribution is -0.192. The maximum Gasteiger partial charge on any atom is 0.490 e. The fourth-order valence-electron chi connectivity index (χ4n) is 0.742. The van der Waals surface area contributed by atoms with Crippen molar-refractivity contribution in [3.8, 4) is 0 Å². The molecule has 0 spiro atoms. The lowest BCUT2D eigenvalue weighted by Gasteiger charge is -1.93. The number of pyridine rings is 1. The summed E-state index contributed by atoms with van der Waals surface area (Å²) in [5, 5.41) is 15.4. The van der Waals surface area contributed by atoms with Gasteiger partial charge in [0.05, 0.1) is 5.69 Å². The molecule has 0 atom stereocenters. The molecule has 0 radical (unpaired) electrons. The lowest BCUT2D eigenvalue weighted by Crippen LogP contribution is -2.21. The predicted molar refractivity (Wildman–Crippen MR) is 60.0 cm³/mol. The molecule has 108 valence electrons. The molecule has 1 aromatic heterocycles. The van der Waals surface area contributed by atoms with Crippen molar-refractivity contribution < 1.29 is 37.8 Å². The summed E-state index contributed by atoms with van der Waals surface area (Å²) in [6.07, 6.45) is -0.675. The minimum absolute atomic E-state index is 0.465. The first-order valence-corrected chi connectivity index (χ1v) is 4.79. The normalized spacial score (nSPS) is 10.6. The van der Waals surface area contributed by atoms with Crippen LogP contribution in [-0.2, 0) is 9.59 Å². The number of aromatic nitrogens is 1. The first kappa shape index (κ1) is 17.3. The van der Waals surface area contributed by atoms with E-state index in [2.05, 4.69) is 4.98 Å². The van der Waals surface area contributed by atoms with Crippen LogP contribution in [0.5, 0.6) is 0 Å². The summed E-state index contributed by atoms with van der Waals surface area (Å²) in [6, 6.07) is 3.14. The zero-order chi connectivity index (χ0) is 15.8. The van der Waals surface area contributed by atoms with Crippen molar-refractivity contribution in [1.82, 2.24) is 4.98 Å². The van der Waals surface area contributed by atoms with Gasteiger partial charge in [0.25, 0.3) is 0 Å². The van der Waals surface area contributed by atoms with Crippen molar-refractivity contribution in [2.75, 3.05) is 0 Å². The van der Waals surface area contributed by atoms with Gasteiger partial charge in [-0.3, -0.25) is 9.78 Å². The highest BCUT2D eigenvalue weighted by atomic mass is 19.4. The van der Waals surface area contributed by atoms with Gasteiger partial charge in [0.2, 0.25) is 0 Å². The van der Waals surface area contributed by atoms with Crippen LogP contribution in [0.3, 0.4) is 0 Å². The average Bonchev–Trinajstić information content (AvgIpc) is 2.36. The molecule has 0 aromatic carbocycles. The Morgan fingerprint density at radius 2 is 1.75 bits per heavy atom. The number of hydrogen-bond donors (Lipinski definition) is 2. The first-order chi connectivity index (χ1) is 9.16. The van der Waals surface area contributed by atoms with Crippen LogP contribution in [0.2, 0.25) is 0 Å². The smallest absolute Gasteiger partial charge is 0.478 e. The fourth-order valence-corrected chi connectivity index (χ4v) is 0.742. The standard InChI is InChI=1S/C9H7NO3.C2HF3O2/c11-6-7-1-2-8(10-5-7)3-4-9(12)13;3-2(4,5)1(6)7/h1-6H,(H,12,13);(H,6,7). The van der Waals surface area contributed by atoms with Gasteiger partial charge in [0.1, 0.15) is 0 Å². The predicted octanol–water partition coefficient (Wildman–Crippen LogP) is 1.63. The van der Waals surface area contributed by atoms with Crippen LogP contribution >= 0.6 is 0 Å². The second-order valence-corrected chi connectivity index (χ2v) is 3.11. The summed E-state index contributed by atoms with van der Waals surface area (Å²) in [5.74, 6) is -3.78. The van der Waals surface area contributed by atoms with E-state index in [9.17, 15) is 22.8 Å². The van der Waals surface area contributed by atoms with Crippen LogP contribution in [0, 0.1) is 0 Å². The molecule has 0 bridgehead atoms. The monoisotopic (exact) mass is 291 g/mol. The molecule has 0 saturated heterocycles. The molecule has 0 aliphatic rings. The zero-order valence-corrected chi connectivity index (χ0v) is 9.66. The number of carboxylic acid groups (broad SMARTS) is 2. The first-order valence-electron chi connectivity index (χ1n) is 4.79. The topological polar surface area (TPSA) is 105 Å². The number of carbonyl (C=O) groups excluding carboxylic acids is 1. The number of carbonyl (C=O) groups is 3. The van der Waals surface area contributed by atoms with Gasteiger partial charge in [0.15, 0.2) is 6.29 Å². The molecule has 0 fully saturated rings. The number of alkyl halides is 3. The maximum atomic E-state index is 10.6. The highest BCUT2D eigenvalue weighted by molar-refractivity contribution is 5.85. The van der Waals surface area contributed by atoms with Gasteiger partial charge < -0.3 is 10.2 Å². The number of halogens is 3. The quantitative estimate of drug-likeness (QED) is 0.647. The van der Waals surface area contributed by atoms with Crippen LogP contribution in [0.1, 0.15) is 16.1 Å². The third kappa shape index (κ3) is 7.58. The molecule has 2 N–H and O–H groups in total. The van der Waals surface area contributed by atoms with Crippen LogP contribution < -0.4 is 0 Å². The van der Waals surface area contributed by atoms with Crippen molar-refractivity contribution in [2.45, 2.75) is 6.18 Å². The van der Waals surface area contributed by atoms with Crippen molar-refractivity contribution in [1.29, 1.82) is 0 Å². The largest absolute Gasteiger partial charge is 0.490 e. The van der Waals surface area contributed by atoms with Crippen molar-refractivity contribution >= 4 is 24.3 Å². The molecule has 0 unspecified atom stereocenters. The molecule has 1 heterocycles. The minimum atomic E-state index is -5.08. The van der Waals surface area contributed by atoms with E-state index in [-0.39, 0.29) is 0 Å². The number of rotatable bonds is 3. The number of hydrogen-bond acceptors (Lipinski definition) is 4. The highest BCUT2D eigenvalue weighted by Crippen LogP contribution is 2.13. The van der Waals surface area contributed by atoms with Crippen molar-refractivity contribution in [3.05, 3.63) is 35.7 Å². The second kappa shape index (κ2) is 7.67. The second-order valence-electron chi connectivity index (χ2n) is 3.11. The van der Waals surface area contributed by atoms with Gasteiger partial charge in [-0.1, -0.05) is 0 Å². The molecule has 0 aliphatic carbocycles. The molecule has 1 rings (SSSR count). The number of nitrogens with zero attached hydrogens (tertiary/aromatic N) is 1. The van der Waals surface area contributed by atoms with Gasteiger partial charge in [-0.05, 0) is 18.2 Å². The number of carboxylic acids is 2. The molecular formula is C11H8F3NO5. The summed E-state index contributed by atoms with van der Waals surface area (Å²) in [4.78, 5) is 33.1. The number of aldehydes is 1. The van der Waals surface area contributed by atoms with Crippen LogP contribution in [-0.4, -0.2) is 39.6 Å². The summed E-state index contributed by atoms with van der Waals surface area (Å²) < 4.78 is 31.7. The third-order valence-electron chi connectivity index (χ3n) is 1.58. The van der Waals surface area contributed by atoms with Crippen LogP contribution in [0.15, 0.2) is 24.4 Å². The van der Waals surface area contributed by atoms with E-state index in [0.29, 0.717) is 17.5 Å². The van der Waals surface area contributed by atoms with E-state index in [1.54, 1.807) is 12.1 Å². The molecular weight excluding hydrogens is 283 g/mol. The van der Waals surface area contributed by atoms with E-state index >= 15 is 0 Å². The summed E-state index contributed by atoms with van der Waals surface area (Å²) in [7, 11) is 0. The van der Waals surface area contributed by atoms with E-state index in [1.807, 2.05) is 0 Å². The van der Waals surface area contributed by atoms with Gasteiger partial charge in [-0.2, -0.15) is 13.2 Å². The molecule has 0 aliphatic heterocycles. The van der Waals surface area contributed by atoms with Crippen molar-refractivity contribution in [3.63, 3.8) is 0 Å². The Morgan fingerprint density at radius 3 is 2.05 bits per heavy atom. The van der Waals surface area contributed by atoms with Crippen LogP contribution in [0.4, 0.5) is 13.2 Å². The highest BCUT2D eigenvalue weighted by Gasteiger charge is 2.38. The van der Waals surface area contributed by atoms with Crippen LogP contribution in [0.25, 0.3) is 6.08 Å². The summed E-state index contributed by atoms with van der Waals surface area (Å²) in [5.41, 5.74) is 0.973. The average molecular weight is 291 g/mol. The Balaban J connectivity index is 0.000000441. The van der Waals surface area contributed by atoms with Gasteiger partial charge in [-0.25, -0.2) is 9.59 Å². The molecule has 6 nitrogen and oxygen atoms in total. The maximum absolute atomic E-state index is 10.6. The third-order valence-corrected chi connectivity index (χ3v) is 1.58. The Morgan fingerprint density at radius 1 is 1.20 bits per heavy atom. The summed E-state index contributed by atoms with van der Waals surface area (Å²) >= 11 is 0. The van der Waals surface area contributed by atoms with E-state index in [0.717, 1.165) is 6.08 Å². The van der Waals surface area contributed by atoms with E-state index < -0.39 is 18.1 Å².